The van der Waals surface area contributed by atoms with Gasteiger partial charge >= 0.3 is 18.0 Å². The second kappa shape index (κ2) is 14.7. The van der Waals surface area contributed by atoms with Gasteiger partial charge in [0.15, 0.2) is 0 Å². The Labute approximate surface area is 217 Å². The lowest BCUT2D eigenvalue weighted by Gasteiger charge is -2.46. The van der Waals surface area contributed by atoms with Crippen LogP contribution in [-0.4, -0.2) is 73.7 Å². The van der Waals surface area contributed by atoms with Crippen LogP contribution in [0.4, 0.5) is 9.59 Å². The molecule has 0 heterocycles. The Hall–Kier alpha value is -3.83. The Balaban J connectivity index is 2.44. The molecule has 7 N–H and O–H groups in total. The van der Waals surface area contributed by atoms with Crippen LogP contribution in [0.1, 0.15) is 40.0 Å². The van der Waals surface area contributed by atoms with E-state index >= 15 is 0 Å². The summed E-state index contributed by atoms with van der Waals surface area (Å²) in [6.45, 7) is 14.6. The highest BCUT2D eigenvalue weighted by atomic mass is 16.4. The van der Waals surface area contributed by atoms with Gasteiger partial charge < -0.3 is 37.0 Å². The van der Waals surface area contributed by atoms with Gasteiger partial charge in [-0.1, -0.05) is 40.0 Å². The summed E-state index contributed by atoms with van der Waals surface area (Å²) in [5, 5.41) is 24.9. The van der Waals surface area contributed by atoms with E-state index in [1.807, 2.05) is 0 Å². The van der Waals surface area contributed by atoms with Gasteiger partial charge in [0.1, 0.15) is 0 Å². The van der Waals surface area contributed by atoms with Gasteiger partial charge in [-0.15, -0.1) is 0 Å². The molecule has 37 heavy (non-hydrogen) atoms. The maximum absolute atomic E-state index is 12.4. The van der Waals surface area contributed by atoms with E-state index in [9.17, 15) is 24.0 Å². The van der Waals surface area contributed by atoms with E-state index in [-0.39, 0.29) is 66.6 Å². The molecule has 1 fully saturated rings. The summed E-state index contributed by atoms with van der Waals surface area (Å²) in [6, 6.07) is -0.823. The third kappa shape index (κ3) is 13.2. The van der Waals surface area contributed by atoms with Gasteiger partial charge in [-0.05, 0) is 30.1 Å². The number of carbonyl (C=O) groups is 5. The number of aliphatic carboxylic acids is 1. The highest BCUT2D eigenvalue weighted by molar-refractivity contribution is 5.95. The van der Waals surface area contributed by atoms with Crippen molar-refractivity contribution in [1.82, 2.24) is 31.9 Å². The van der Waals surface area contributed by atoms with Crippen molar-refractivity contribution in [2.75, 3.05) is 32.7 Å². The van der Waals surface area contributed by atoms with Crippen LogP contribution >= 0.6 is 0 Å². The molecule has 0 bridgehead atoms. The van der Waals surface area contributed by atoms with Crippen molar-refractivity contribution in [1.29, 1.82) is 0 Å². The van der Waals surface area contributed by atoms with Crippen molar-refractivity contribution < 1.29 is 29.1 Å². The molecule has 206 valence electrons. The van der Waals surface area contributed by atoms with E-state index in [4.69, 9.17) is 5.11 Å². The van der Waals surface area contributed by atoms with Crippen LogP contribution in [0.25, 0.3) is 0 Å². The normalized spacial score (nSPS) is 20.2. The molecule has 0 spiro atoms. The van der Waals surface area contributed by atoms with Gasteiger partial charge in [0.05, 0.1) is 0 Å². The predicted octanol–water partition coefficient (Wildman–Crippen LogP) is 0.785. The van der Waals surface area contributed by atoms with Gasteiger partial charge in [0, 0.05) is 56.5 Å². The van der Waals surface area contributed by atoms with Crippen molar-refractivity contribution in [3.63, 3.8) is 0 Å². The molecule has 12 nitrogen and oxygen atoms in total. The number of carbonyl (C=O) groups excluding carboxylic acids is 4. The smallest absolute Gasteiger partial charge is 0.328 e. The average Bonchev–Trinajstić information content (AvgIpc) is 2.80. The number of urea groups is 2. The maximum Gasteiger partial charge on any atom is 0.328 e. The molecule has 1 rings (SSSR count). The van der Waals surface area contributed by atoms with Crippen molar-refractivity contribution in [2.24, 2.45) is 10.8 Å². The molecule has 0 aliphatic heterocycles. The number of carboxylic acids is 1. The number of hydrogen-bond acceptors (Lipinski definition) is 5. The quantitative estimate of drug-likeness (QED) is 0.107. The highest BCUT2D eigenvalue weighted by Gasteiger charge is 2.41. The third-order valence-corrected chi connectivity index (χ3v) is 5.78. The lowest BCUT2D eigenvalue weighted by Crippen LogP contribution is -2.53. The summed E-state index contributed by atoms with van der Waals surface area (Å²) < 4.78 is 0. The fourth-order valence-electron chi connectivity index (χ4n) is 4.59. The first-order valence-corrected chi connectivity index (χ1v) is 12.1. The second-order valence-electron chi connectivity index (χ2n) is 10.2. The van der Waals surface area contributed by atoms with E-state index < -0.39 is 11.9 Å². The van der Waals surface area contributed by atoms with Gasteiger partial charge in [-0.3, -0.25) is 9.59 Å². The van der Waals surface area contributed by atoms with Crippen LogP contribution in [0.2, 0.25) is 0 Å². The molecule has 0 radical (unpaired) electrons. The molecule has 2 unspecified atom stereocenters. The monoisotopic (exact) mass is 520 g/mol. The van der Waals surface area contributed by atoms with E-state index in [1.54, 1.807) is 0 Å². The van der Waals surface area contributed by atoms with E-state index in [2.05, 4.69) is 65.8 Å². The fourth-order valence-corrected chi connectivity index (χ4v) is 4.59. The van der Waals surface area contributed by atoms with E-state index in [0.29, 0.717) is 13.0 Å². The largest absolute Gasteiger partial charge is 0.478 e. The summed E-state index contributed by atoms with van der Waals surface area (Å²) in [5.41, 5.74) is -0.0608. The summed E-state index contributed by atoms with van der Waals surface area (Å²) in [6.07, 6.45) is 5.29. The standard InChI is InChI=1S/C25H40N6O6/c1-6-17(2)21(35)27-10-12-28-22(36)30-16-25(5)14-18(13-24(3,4)15-25)31-23(37)29-11-9-26-19(32)7-8-20(33)34/h6-8,18H,1-2,9-16H2,3-5H3,(H,26,32)(H,27,35)(H,33,34)(H2,28,30,36)(H2,29,31,37)/b8-7-. The Morgan fingerprint density at radius 3 is 2.08 bits per heavy atom. The first-order chi connectivity index (χ1) is 17.2. The number of amides is 6. The lowest BCUT2D eigenvalue weighted by molar-refractivity contribution is -0.131. The predicted molar refractivity (Wildman–Crippen MR) is 140 cm³/mol. The molecule has 1 aliphatic carbocycles. The van der Waals surface area contributed by atoms with Crippen molar-refractivity contribution in [3.8, 4) is 0 Å². The SMILES string of the molecule is C=CC(=C)C(=O)NCCNC(=O)NCC1(C)CC(NC(=O)NCCNC(=O)/C=C\C(=O)O)CC(C)(C)C1. The molecule has 6 amide bonds. The molecule has 12 heteroatoms. The van der Waals surface area contributed by atoms with Crippen molar-refractivity contribution in [3.05, 3.63) is 37.0 Å². The molecule has 0 aromatic carbocycles. The zero-order valence-corrected chi connectivity index (χ0v) is 21.9. The minimum atomic E-state index is -1.22. The van der Waals surface area contributed by atoms with Crippen molar-refractivity contribution in [2.45, 2.75) is 46.1 Å². The summed E-state index contributed by atoms with van der Waals surface area (Å²) in [4.78, 5) is 58.1. The highest BCUT2D eigenvalue weighted by Crippen LogP contribution is 2.45. The van der Waals surface area contributed by atoms with Crippen LogP contribution in [-0.2, 0) is 14.4 Å². The minimum absolute atomic E-state index is 0.0641. The zero-order chi connectivity index (χ0) is 28.1. The average molecular weight is 521 g/mol. The van der Waals surface area contributed by atoms with Crippen molar-refractivity contribution >= 4 is 29.8 Å². The van der Waals surface area contributed by atoms with Crippen LogP contribution in [0.3, 0.4) is 0 Å². The van der Waals surface area contributed by atoms with Crippen LogP contribution in [0.5, 0.6) is 0 Å². The second-order valence-corrected chi connectivity index (χ2v) is 10.2. The maximum atomic E-state index is 12.4. The molecular formula is C25H40N6O6. The molecule has 0 aromatic rings. The molecule has 0 aromatic heterocycles. The van der Waals surface area contributed by atoms with E-state index in [1.165, 1.54) is 6.08 Å². The molecular weight excluding hydrogens is 480 g/mol. The van der Waals surface area contributed by atoms with Crippen LogP contribution in [0.15, 0.2) is 37.0 Å². The third-order valence-electron chi connectivity index (χ3n) is 5.78. The molecule has 1 aliphatic rings. The zero-order valence-electron chi connectivity index (χ0n) is 21.9. The minimum Gasteiger partial charge on any atom is -0.478 e. The van der Waals surface area contributed by atoms with E-state index in [0.717, 1.165) is 25.0 Å². The first-order valence-electron chi connectivity index (χ1n) is 12.1. The summed E-state index contributed by atoms with van der Waals surface area (Å²) in [5.74, 6) is -2.12. The Morgan fingerprint density at radius 2 is 1.46 bits per heavy atom. The number of rotatable bonds is 13. The Kier molecular flexibility index (Phi) is 12.4. The topological polar surface area (TPSA) is 178 Å². The Morgan fingerprint density at radius 1 is 0.865 bits per heavy atom. The van der Waals surface area contributed by atoms with Crippen LogP contribution in [0, 0.1) is 10.8 Å². The van der Waals surface area contributed by atoms with Gasteiger partial charge in [0.25, 0.3) is 5.91 Å². The summed E-state index contributed by atoms with van der Waals surface area (Å²) >= 11 is 0. The number of carboxylic acid groups (broad SMARTS) is 1. The first kappa shape index (κ1) is 31.2. The van der Waals surface area contributed by atoms with Gasteiger partial charge in [0.2, 0.25) is 5.91 Å². The lowest BCUT2D eigenvalue weighted by atomic mass is 9.62. The van der Waals surface area contributed by atoms with Gasteiger partial charge in [-0.2, -0.15) is 0 Å². The van der Waals surface area contributed by atoms with Crippen LogP contribution < -0.4 is 31.9 Å². The van der Waals surface area contributed by atoms with Gasteiger partial charge in [-0.25, -0.2) is 14.4 Å². The Bertz CT molecular complexity index is 915. The molecule has 2 atom stereocenters. The molecule has 1 saturated carbocycles. The number of nitrogens with one attached hydrogen (secondary N) is 6. The summed E-state index contributed by atoms with van der Waals surface area (Å²) in [7, 11) is 0. The number of hydrogen-bond donors (Lipinski definition) is 7. The fraction of sp³-hybridized carbons (Fsp3) is 0.560. The molecule has 0 saturated heterocycles.